The van der Waals surface area contributed by atoms with Crippen LogP contribution in [0.2, 0.25) is 0 Å². The Morgan fingerprint density at radius 1 is 1.44 bits per heavy atom. The van der Waals surface area contributed by atoms with Crippen LogP contribution in [0.3, 0.4) is 0 Å². The van der Waals surface area contributed by atoms with Crippen LogP contribution in [0.1, 0.15) is 22.8 Å². The number of rotatable bonds is 3. The molecular weight excluding hydrogens is 321 g/mol. The molecule has 0 fully saturated rings. The molecule has 0 aliphatic rings. The number of benzene rings is 1. The molecule has 1 aromatic rings. The Labute approximate surface area is 107 Å². The molecule has 0 spiro atoms. The molecule has 1 unspecified atom stereocenters. The number of carbonyl (C=O) groups is 2. The molecular formula is C11H12INO3. The second-order valence-electron chi connectivity index (χ2n) is 3.45. The van der Waals surface area contributed by atoms with E-state index in [2.05, 4.69) is 27.9 Å². The van der Waals surface area contributed by atoms with Gasteiger partial charge >= 0.3 is 5.97 Å². The molecule has 1 aromatic carbocycles. The number of halogens is 1. The molecule has 1 amide bonds. The van der Waals surface area contributed by atoms with Gasteiger partial charge in [-0.2, -0.15) is 0 Å². The quantitative estimate of drug-likeness (QED) is 0.829. The maximum absolute atomic E-state index is 11.8. The summed E-state index contributed by atoms with van der Waals surface area (Å²) in [6, 6.07) is 4.47. The van der Waals surface area contributed by atoms with Crippen LogP contribution >= 0.6 is 22.6 Å². The van der Waals surface area contributed by atoms with Gasteiger partial charge in [0.05, 0.1) is 0 Å². The second-order valence-corrected chi connectivity index (χ2v) is 4.61. The van der Waals surface area contributed by atoms with E-state index in [0.29, 0.717) is 5.56 Å². The highest BCUT2D eigenvalue weighted by Crippen LogP contribution is 2.15. The van der Waals surface area contributed by atoms with Crippen LogP contribution in [-0.2, 0) is 4.79 Å². The van der Waals surface area contributed by atoms with E-state index in [9.17, 15) is 9.59 Å². The third kappa shape index (κ3) is 2.94. The number of hydrogen-bond acceptors (Lipinski definition) is 2. The lowest BCUT2D eigenvalue weighted by Gasteiger charge is -2.11. The van der Waals surface area contributed by atoms with Crippen LogP contribution in [0.25, 0.3) is 0 Å². The number of nitrogens with one attached hydrogen (secondary N) is 1. The van der Waals surface area contributed by atoms with E-state index in [4.69, 9.17) is 5.11 Å². The van der Waals surface area contributed by atoms with Crippen molar-refractivity contribution in [3.8, 4) is 0 Å². The van der Waals surface area contributed by atoms with Gasteiger partial charge in [0.2, 0.25) is 0 Å². The second kappa shape index (κ2) is 5.29. The first-order valence-electron chi connectivity index (χ1n) is 4.72. The smallest absolute Gasteiger partial charge is 0.325 e. The molecule has 0 saturated heterocycles. The first kappa shape index (κ1) is 13.0. The van der Waals surface area contributed by atoms with Gasteiger partial charge in [0.15, 0.2) is 0 Å². The molecule has 0 aliphatic carbocycles. The van der Waals surface area contributed by atoms with Gasteiger partial charge in [-0.1, -0.05) is 6.07 Å². The number of carbonyl (C=O) groups excluding carboxylic acids is 1. The van der Waals surface area contributed by atoms with Crippen LogP contribution in [0.5, 0.6) is 0 Å². The molecule has 4 nitrogen and oxygen atoms in total. The summed E-state index contributed by atoms with van der Waals surface area (Å²) in [6.45, 7) is 3.27. The van der Waals surface area contributed by atoms with E-state index >= 15 is 0 Å². The van der Waals surface area contributed by atoms with E-state index in [1.165, 1.54) is 6.92 Å². The maximum Gasteiger partial charge on any atom is 0.325 e. The topological polar surface area (TPSA) is 66.4 Å². The summed E-state index contributed by atoms with van der Waals surface area (Å²) in [5.41, 5.74) is 1.37. The van der Waals surface area contributed by atoms with E-state index in [-0.39, 0.29) is 5.91 Å². The zero-order valence-electron chi connectivity index (χ0n) is 8.95. The summed E-state index contributed by atoms with van der Waals surface area (Å²) in [4.78, 5) is 22.4. The summed E-state index contributed by atoms with van der Waals surface area (Å²) >= 11 is 2.13. The normalized spacial score (nSPS) is 11.9. The highest BCUT2D eigenvalue weighted by molar-refractivity contribution is 14.1. The Hall–Kier alpha value is -1.11. The van der Waals surface area contributed by atoms with Gasteiger partial charge < -0.3 is 10.4 Å². The molecule has 1 rings (SSSR count). The lowest BCUT2D eigenvalue weighted by Crippen LogP contribution is -2.38. The summed E-state index contributed by atoms with van der Waals surface area (Å²) < 4.78 is 0.980. The highest BCUT2D eigenvalue weighted by atomic mass is 127. The number of aliphatic carboxylic acids is 1. The number of hydrogen-bond donors (Lipinski definition) is 2. The summed E-state index contributed by atoms with van der Waals surface area (Å²) in [7, 11) is 0. The molecule has 86 valence electrons. The first-order valence-corrected chi connectivity index (χ1v) is 5.80. The molecule has 5 heteroatoms. The van der Waals surface area contributed by atoms with Gasteiger partial charge in [-0.15, -0.1) is 0 Å². The predicted octanol–water partition coefficient (Wildman–Crippen LogP) is 1.80. The standard InChI is InChI=1S/C11H12INO3/c1-6-8(4-3-5-9(6)12)10(14)13-7(2)11(15)16/h3-5,7H,1-2H3,(H,13,14)(H,15,16). The lowest BCUT2D eigenvalue weighted by atomic mass is 10.1. The van der Waals surface area contributed by atoms with Crippen molar-refractivity contribution in [3.05, 3.63) is 32.9 Å². The minimum Gasteiger partial charge on any atom is -0.480 e. The summed E-state index contributed by atoms with van der Waals surface area (Å²) in [5, 5.41) is 11.1. The average Bonchev–Trinajstić information content (AvgIpc) is 2.21. The Balaban J connectivity index is 2.89. The Bertz CT molecular complexity index is 431. The number of amides is 1. The van der Waals surface area contributed by atoms with Gasteiger partial charge in [0.1, 0.15) is 6.04 Å². The van der Waals surface area contributed by atoms with Crippen LogP contribution < -0.4 is 5.32 Å². The average molecular weight is 333 g/mol. The SMILES string of the molecule is Cc1c(I)cccc1C(=O)NC(C)C(=O)O. The Kier molecular flexibility index (Phi) is 4.28. The van der Waals surface area contributed by atoms with Crippen molar-refractivity contribution < 1.29 is 14.7 Å². The number of carboxylic acid groups (broad SMARTS) is 1. The van der Waals surface area contributed by atoms with Crippen molar-refractivity contribution in [2.75, 3.05) is 0 Å². The van der Waals surface area contributed by atoms with Gasteiger partial charge in [-0.3, -0.25) is 9.59 Å². The fourth-order valence-corrected chi connectivity index (χ4v) is 1.69. The number of carboxylic acids is 1. The maximum atomic E-state index is 11.8. The van der Waals surface area contributed by atoms with Crippen LogP contribution in [0.4, 0.5) is 0 Å². The van der Waals surface area contributed by atoms with Crippen LogP contribution in [-0.4, -0.2) is 23.0 Å². The largest absolute Gasteiger partial charge is 0.480 e. The Morgan fingerprint density at radius 2 is 2.06 bits per heavy atom. The minimum absolute atomic E-state index is 0.356. The van der Waals surface area contributed by atoms with E-state index in [1.807, 2.05) is 13.0 Å². The predicted molar refractivity (Wildman–Crippen MR) is 68.5 cm³/mol. The van der Waals surface area contributed by atoms with Gasteiger partial charge in [-0.25, -0.2) is 0 Å². The van der Waals surface area contributed by atoms with Crippen molar-refractivity contribution in [3.63, 3.8) is 0 Å². The Morgan fingerprint density at radius 3 is 2.62 bits per heavy atom. The highest BCUT2D eigenvalue weighted by Gasteiger charge is 2.16. The molecule has 0 heterocycles. The molecule has 0 saturated carbocycles. The van der Waals surface area contributed by atoms with Crippen molar-refractivity contribution in [1.82, 2.24) is 5.32 Å². The van der Waals surface area contributed by atoms with Crippen LogP contribution in [0, 0.1) is 10.5 Å². The third-order valence-electron chi connectivity index (χ3n) is 2.23. The van der Waals surface area contributed by atoms with Crippen molar-refractivity contribution in [1.29, 1.82) is 0 Å². The first-order chi connectivity index (χ1) is 7.43. The zero-order chi connectivity index (χ0) is 12.3. The molecule has 2 N–H and O–H groups in total. The van der Waals surface area contributed by atoms with Gasteiger partial charge in [0, 0.05) is 9.13 Å². The molecule has 1 atom stereocenters. The monoisotopic (exact) mass is 333 g/mol. The minimum atomic E-state index is -1.04. The van der Waals surface area contributed by atoms with Crippen molar-refractivity contribution in [2.24, 2.45) is 0 Å². The van der Waals surface area contributed by atoms with E-state index < -0.39 is 12.0 Å². The summed E-state index contributed by atoms with van der Waals surface area (Å²) in [6.07, 6.45) is 0. The zero-order valence-corrected chi connectivity index (χ0v) is 11.1. The molecule has 0 radical (unpaired) electrons. The fourth-order valence-electron chi connectivity index (χ4n) is 1.19. The summed E-state index contributed by atoms with van der Waals surface area (Å²) in [5.74, 6) is -1.40. The van der Waals surface area contributed by atoms with Crippen molar-refractivity contribution >= 4 is 34.5 Å². The molecule has 0 aromatic heterocycles. The molecule has 0 bridgehead atoms. The molecule has 16 heavy (non-hydrogen) atoms. The van der Waals surface area contributed by atoms with E-state index in [1.54, 1.807) is 12.1 Å². The third-order valence-corrected chi connectivity index (χ3v) is 3.40. The molecule has 0 aliphatic heterocycles. The van der Waals surface area contributed by atoms with Crippen molar-refractivity contribution in [2.45, 2.75) is 19.9 Å². The lowest BCUT2D eigenvalue weighted by molar-refractivity contribution is -0.138. The van der Waals surface area contributed by atoms with E-state index in [0.717, 1.165) is 9.13 Å². The van der Waals surface area contributed by atoms with Crippen LogP contribution in [0.15, 0.2) is 18.2 Å². The fraction of sp³-hybridized carbons (Fsp3) is 0.273. The van der Waals surface area contributed by atoms with Gasteiger partial charge in [0.25, 0.3) is 5.91 Å². The van der Waals surface area contributed by atoms with Gasteiger partial charge in [-0.05, 0) is 54.1 Å².